The highest BCUT2D eigenvalue weighted by Crippen LogP contribution is 2.10. The van der Waals surface area contributed by atoms with Crippen molar-refractivity contribution < 1.29 is 19.1 Å². The number of methoxy groups -OCH3 is 1. The summed E-state index contributed by atoms with van der Waals surface area (Å²) in [6, 6.07) is 1.75. The van der Waals surface area contributed by atoms with Gasteiger partial charge in [-0.1, -0.05) is 0 Å². The number of ether oxygens (including phenoxy) is 2. The Kier molecular flexibility index (Phi) is 5.05. The minimum Gasteiger partial charge on any atom is -0.464 e. The van der Waals surface area contributed by atoms with Gasteiger partial charge in [0.2, 0.25) is 0 Å². The highest BCUT2D eigenvalue weighted by atomic mass is 16.5. The molecule has 1 rings (SSSR count). The van der Waals surface area contributed by atoms with Crippen LogP contribution in [-0.2, 0) is 14.3 Å². The van der Waals surface area contributed by atoms with Crippen LogP contribution in [0.3, 0.4) is 0 Å². The first-order valence-corrected chi connectivity index (χ1v) is 5.48. The van der Waals surface area contributed by atoms with Crippen molar-refractivity contribution in [2.75, 3.05) is 13.7 Å². The van der Waals surface area contributed by atoms with Crippen molar-refractivity contribution in [1.82, 2.24) is 4.98 Å². The summed E-state index contributed by atoms with van der Waals surface area (Å²) >= 11 is 0. The molecule has 0 saturated carbocycles. The second-order valence-electron chi connectivity index (χ2n) is 3.51. The zero-order valence-electron chi connectivity index (χ0n) is 10.6. The van der Waals surface area contributed by atoms with Gasteiger partial charge in [-0.2, -0.15) is 0 Å². The number of hydrogen-bond donors (Lipinski definition) is 0. The molecule has 1 aromatic heterocycles. The smallest absolute Gasteiger partial charge is 0.356 e. The molecule has 0 unspecified atom stereocenters. The number of hydrogen-bond acceptors (Lipinski definition) is 5. The number of aryl methyl sites for hydroxylation is 1. The Morgan fingerprint density at radius 3 is 2.72 bits per heavy atom. The summed E-state index contributed by atoms with van der Waals surface area (Å²) < 4.78 is 9.35. The summed E-state index contributed by atoms with van der Waals surface area (Å²) in [5, 5.41) is 0. The van der Waals surface area contributed by atoms with Gasteiger partial charge < -0.3 is 9.47 Å². The number of esters is 2. The minimum absolute atomic E-state index is 0.269. The van der Waals surface area contributed by atoms with Gasteiger partial charge >= 0.3 is 11.9 Å². The summed E-state index contributed by atoms with van der Waals surface area (Å²) in [5.41, 5.74) is 1.67. The molecule has 0 fully saturated rings. The van der Waals surface area contributed by atoms with E-state index >= 15 is 0 Å². The van der Waals surface area contributed by atoms with Crippen molar-refractivity contribution >= 4 is 18.0 Å². The third-order valence-corrected chi connectivity index (χ3v) is 2.18. The van der Waals surface area contributed by atoms with E-state index in [1.54, 1.807) is 26.0 Å². The molecule has 0 bridgehead atoms. The summed E-state index contributed by atoms with van der Waals surface area (Å²) in [7, 11) is 1.30. The quantitative estimate of drug-likeness (QED) is 0.600. The molecule has 0 aromatic carbocycles. The van der Waals surface area contributed by atoms with Crippen molar-refractivity contribution in [2.24, 2.45) is 0 Å². The fourth-order valence-corrected chi connectivity index (χ4v) is 1.35. The van der Waals surface area contributed by atoms with Crippen molar-refractivity contribution in [3.63, 3.8) is 0 Å². The lowest BCUT2D eigenvalue weighted by molar-refractivity contribution is -0.137. The van der Waals surface area contributed by atoms with Crippen LogP contribution in [-0.4, -0.2) is 30.6 Å². The predicted octanol–water partition coefficient (Wildman–Crippen LogP) is 1.75. The van der Waals surface area contributed by atoms with Gasteiger partial charge in [0.15, 0.2) is 5.69 Å². The van der Waals surface area contributed by atoms with Gasteiger partial charge in [-0.25, -0.2) is 14.6 Å². The van der Waals surface area contributed by atoms with Gasteiger partial charge in [0.1, 0.15) is 0 Å². The molecule has 1 heterocycles. The Bertz CT molecular complexity index is 480. The average Bonchev–Trinajstić information content (AvgIpc) is 2.36. The minimum atomic E-state index is -0.478. The Balaban J connectivity index is 2.85. The predicted molar refractivity (Wildman–Crippen MR) is 66.0 cm³/mol. The average molecular weight is 249 g/mol. The molecule has 0 saturated heterocycles. The zero-order chi connectivity index (χ0) is 13.5. The van der Waals surface area contributed by atoms with E-state index in [9.17, 15) is 9.59 Å². The standard InChI is InChI=1S/C13H15NO4/c1-4-18-11(15)6-5-10-7-9(2)12(14-8-10)13(16)17-3/h5-8H,4H2,1-3H3. The van der Waals surface area contributed by atoms with Crippen LogP contribution >= 0.6 is 0 Å². The lowest BCUT2D eigenvalue weighted by Gasteiger charge is -2.03. The summed E-state index contributed by atoms with van der Waals surface area (Å²) in [5.74, 6) is -0.888. The summed E-state index contributed by atoms with van der Waals surface area (Å²) in [4.78, 5) is 26.4. The Morgan fingerprint density at radius 2 is 2.17 bits per heavy atom. The van der Waals surface area contributed by atoms with Crippen LogP contribution in [0.2, 0.25) is 0 Å². The first-order chi connectivity index (χ1) is 8.58. The lowest BCUT2D eigenvalue weighted by atomic mass is 10.1. The van der Waals surface area contributed by atoms with E-state index in [0.29, 0.717) is 17.7 Å². The Morgan fingerprint density at radius 1 is 1.44 bits per heavy atom. The van der Waals surface area contributed by atoms with Gasteiger partial charge in [-0.15, -0.1) is 0 Å². The third-order valence-electron chi connectivity index (χ3n) is 2.18. The molecule has 0 aliphatic carbocycles. The third kappa shape index (κ3) is 3.69. The Hall–Kier alpha value is -2.17. The molecular weight excluding hydrogens is 234 g/mol. The maximum Gasteiger partial charge on any atom is 0.356 e. The van der Waals surface area contributed by atoms with Crippen LogP contribution in [0.4, 0.5) is 0 Å². The monoisotopic (exact) mass is 249 g/mol. The fourth-order valence-electron chi connectivity index (χ4n) is 1.35. The summed E-state index contributed by atoms with van der Waals surface area (Å²) in [6.07, 6.45) is 4.39. The molecule has 0 N–H and O–H groups in total. The zero-order valence-corrected chi connectivity index (χ0v) is 10.6. The molecule has 5 heteroatoms. The summed E-state index contributed by atoms with van der Waals surface area (Å²) in [6.45, 7) is 3.82. The second kappa shape index (κ2) is 6.54. The highest BCUT2D eigenvalue weighted by molar-refractivity contribution is 5.89. The van der Waals surface area contributed by atoms with Gasteiger partial charge in [0.25, 0.3) is 0 Å². The van der Waals surface area contributed by atoms with E-state index in [0.717, 1.165) is 0 Å². The topological polar surface area (TPSA) is 65.5 Å². The van der Waals surface area contributed by atoms with Crippen LogP contribution in [0, 0.1) is 6.92 Å². The molecule has 0 aliphatic heterocycles. The molecule has 96 valence electrons. The van der Waals surface area contributed by atoms with E-state index in [2.05, 4.69) is 9.72 Å². The largest absolute Gasteiger partial charge is 0.464 e. The van der Waals surface area contributed by atoms with E-state index in [1.807, 2.05) is 0 Å². The number of nitrogens with zero attached hydrogens (tertiary/aromatic N) is 1. The second-order valence-corrected chi connectivity index (χ2v) is 3.51. The molecule has 0 aliphatic rings. The number of carbonyl (C=O) groups is 2. The number of rotatable bonds is 4. The molecule has 0 amide bonds. The molecule has 0 spiro atoms. The van der Waals surface area contributed by atoms with Gasteiger partial charge in [0, 0.05) is 12.3 Å². The van der Waals surface area contributed by atoms with Crippen LogP contribution in [0.25, 0.3) is 6.08 Å². The van der Waals surface area contributed by atoms with Crippen LogP contribution in [0.5, 0.6) is 0 Å². The fraction of sp³-hybridized carbons (Fsp3) is 0.308. The maximum absolute atomic E-state index is 11.3. The normalized spacial score (nSPS) is 10.4. The molecular formula is C13H15NO4. The van der Waals surface area contributed by atoms with Crippen molar-refractivity contribution in [1.29, 1.82) is 0 Å². The van der Waals surface area contributed by atoms with Crippen molar-refractivity contribution in [3.05, 3.63) is 35.2 Å². The SMILES string of the molecule is CCOC(=O)C=Cc1cnc(C(=O)OC)c(C)c1. The van der Waals surface area contributed by atoms with E-state index in [-0.39, 0.29) is 5.69 Å². The van der Waals surface area contributed by atoms with Crippen LogP contribution < -0.4 is 0 Å². The molecule has 0 radical (unpaired) electrons. The maximum atomic E-state index is 11.3. The molecule has 5 nitrogen and oxygen atoms in total. The van der Waals surface area contributed by atoms with Crippen LogP contribution in [0.1, 0.15) is 28.5 Å². The van der Waals surface area contributed by atoms with E-state index in [1.165, 1.54) is 19.4 Å². The lowest BCUT2D eigenvalue weighted by Crippen LogP contribution is -2.06. The number of carbonyl (C=O) groups excluding carboxylic acids is 2. The number of pyridine rings is 1. The van der Waals surface area contributed by atoms with Gasteiger partial charge in [-0.05, 0) is 37.1 Å². The van der Waals surface area contributed by atoms with E-state index < -0.39 is 11.9 Å². The molecule has 0 atom stereocenters. The molecule has 1 aromatic rings. The Labute approximate surface area is 105 Å². The van der Waals surface area contributed by atoms with Crippen molar-refractivity contribution in [2.45, 2.75) is 13.8 Å². The van der Waals surface area contributed by atoms with Gasteiger partial charge in [-0.3, -0.25) is 0 Å². The van der Waals surface area contributed by atoms with Crippen molar-refractivity contribution in [3.8, 4) is 0 Å². The first kappa shape index (κ1) is 13.9. The highest BCUT2D eigenvalue weighted by Gasteiger charge is 2.10. The van der Waals surface area contributed by atoms with Crippen LogP contribution in [0.15, 0.2) is 18.3 Å². The van der Waals surface area contributed by atoms with Gasteiger partial charge in [0.05, 0.1) is 13.7 Å². The van der Waals surface area contributed by atoms with E-state index in [4.69, 9.17) is 4.74 Å². The first-order valence-electron chi connectivity index (χ1n) is 5.48. The number of aromatic nitrogens is 1. The molecule has 18 heavy (non-hydrogen) atoms.